The first-order valence-electron chi connectivity index (χ1n) is 18.6. The van der Waals surface area contributed by atoms with Crippen molar-refractivity contribution in [3.8, 4) is 11.3 Å². The van der Waals surface area contributed by atoms with E-state index in [2.05, 4.69) is 25.8 Å². The number of fused-ring (bicyclic) bond motifs is 2. The highest BCUT2D eigenvalue weighted by atomic mass is 35.5. The molecule has 2 aliphatic rings. The Bertz CT molecular complexity index is 2540. The van der Waals surface area contributed by atoms with Crippen LogP contribution >= 0.6 is 11.6 Å². The smallest absolute Gasteiger partial charge is 0.295 e. The van der Waals surface area contributed by atoms with Crippen molar-refractivity contribution in [2.45, 2.75) is 19.8 Å². The number of nitrogens with zero attached hydrogens (tertiary/aromatic N) is 5. The van der Waals surface area contributed by atoms with E-state index in [-0.39, 0.29) is 40.8 Å². The number of carbonyl (C=O) groups is 2. The molecule has 7 aromatic rings. The van der Waals surface area contributed by atoms with Gasteiger partial charge < -0.3 is 33.8 Å². The standard InChI is InChI=1S/C22H19FN4O3.C20H19ClFN3O2/c23-17-7-4-8-18-20(17)29-22(26-18)24-11-14-9-10-27(13-14)21(28)16-12-25-30-19(16)15-5-2-1-3-6-15;1-12-5-6-15(21)14(9-12)19(26)25-8-7-13(11-25)10-23-20-24-17-4-2-3-16(22)18(17)27-20/h1-8,12,14H,9-11,13H2,(H,24,26);2-6,9,13H,7-8,10-11H2,1H3,(H,23,24)/t14-;13-/m00/s1. The van der Waals surface area contributed by atoms with Crippen molar-refractivity contribution < 1.29 is 31.7 Å². The van der Waals surface area contributed by atoms with Crippen LogP contribution in [0.3, 0.4) is 0 Å². The number of amides is 2. The van der Waals surface area contributed by atoms with Gasteiger partial charge in [-0.05, 0) is 68.0 Å². The van der Waals surface area contributed by atoms with Gasteiger partial charge in [-0.3, -0.25) is 9.59 Å². The first-order chi connectivity index (χ1) is 27.7. The first kappa shape index (κ1) is 37.6. The van der Waals surface area contributed by atoms with E-state index in [1.165, 1.54) is 18.3 Å². The number of nitrogens with one attached hydrogen (secondary N) is 2. The number of rotatable bonds is 9. The van der Waals surface area contributed by atoms with E-state index in [1.54, 1.807) is 35.2 Å². The number of halogens is 3. The van der Waals surface area contributed by atoms with E-state index in [1.807, 2.05) is 54.3 Å². The molecule has 5 heterocycles. The second-order valence-electron chi connectivity index (χ2n) is 14.2. The highest BCUT2D eigenvalue weighted by molar-refractivity contribution is 6.33. The summed E-state index contributed by atoms with van der Waals surface area (Å²) in [4.78, 5) is 37.9. The molecule has 3 aromatic heterocycles. The summed E-state index contributed by atoms with van der Waals surface area (Å²) in [6.45, 7) is 5.66. The predicted molar refractivity (Wildman–Crippen MR) is 211 cm³/mol. The molecule has 2 saturated heterocycles. The number of benzene rings is 4. The summed E-state index contributed by atoms with van der Waals surface area (Å²) in [7, 11) is 0. The number of hydrogen-bond donors (Lipinski definition) is 2. The second kappa shape index (κ2) is 16.4. The normalized spacial score (nSPS) is 16.6. The fourth-order valence-corrected chi connectivity index (χ4v) is 7.34. The number of likely N-dealkylation sites (tertiary alicyclic amines) is 2. The van der Waals surface area contributed by atoms with Crippen LogP contribution < -0.4 is 10.6 Å². The number of anilines is 2. The van der Waals surface area contributed by atoms with E-state index in [9.17, 15) is 18.4 Å². The Hall–Kier alpha value is -6.28. The molecule has 2 atom stereocenters. The fraction of sp³-hybridized carbons (Fsp3) is 0.262. The molecule has 2 fully saturated rings. The molecule has 0 aliphatic carbocycles. The average Bonchev–Trinajstić information content (AvgIpc) is 4.07. The molecule has 9 rings (SSSR count). The number of para-hydroxylation sites is 2. The van der Waals surface area contributed by atoms with Crippen LogP contribution in [-0.2, 0) is 0 Å². The van der Waals surface area contributed by atoms with Gasteiger partial charge in [0.2, 0.25) is 0 Å². The summed E-state index contributed by atoms with van der Waals surface area (Å²) in [6.07, 6.45) is 3.19. The molecule has 15 heteroatoms. The Morgan fingerprint density at radius 1 is 0.754 bits per heavy atom. The third-order valence-corrected chi connectivity index (χ3v) is 10.5. The van der Waals surface area contributed by atoms with Crippen molar-refractivity contribution in [2.75, 3.05) is 49.9 Å². The highest BCUT2D eigenvalue weighted by Gasteiger charge is 2.31. The minimum atomic E-state index is -0.436. The molecule has 0 saturated carbocycles. The number of carbonyl (C=O) groups excluding carboxylic acids is 2. The van der Waals surface area contributed by atoms with Crippen molar-refractivity contribution >= 4 is 57.6 Å². The Morgan fingerprint density at radius 3 is 1.88 bits per heavy atom. The molecular weight excluding hydrogens is 756 g/mol. The zero-order valence-corrected chi connectivity index (χ0v) is 31.6. The van der Waals surface area contributed by atoms with E-state index in [4.69, 9.17) is 25.0 Å². The fourth-order valence-electron chi connectivity index (χ4n) is 7.15. The first-order valence-corrected chi connectivity index (χ1v) is 19.0. The lowest BCUT2D eigenvalue weighted by Crippen LogP contribution is -2.30. The Morgan fingerprint density at radius 2 is 1.32 bits per heavy atom. The molecular formula is C42H38ClF2N7O5. The molecule has 12 nitrogen and oxygen atoms in total. The van der Waals surface area contributed by atoms with Crippen molar-refractivity contribution in [2.24, 2.45) is 11.8 Å². The molecule has 2 N–H and O–H groups in total. The summed E-state index contributed by atoms with van der Waals surface area (Å²) in [5.41, 5.74) is 4.07. The van der Waals surface area contributed by atoms with Crippen LogP contribution in [0.2, 0.25) is 5.02 Å². The van der Waals surface area contributed by atoms with Gasteiger partial charge in [0.05, 0.1) is 16.8 Å². The van der Waals surface area contributed by atoms with Crippen LogP contribution in [0.25, 0.3) is 33.5 Å². The Balaban J connectivity index is 0.000000161. The number of oxazole rings is 2. The van der Waals surface area contributed by atoms with Crippen molar-refractivity contribution in [1.29, 1.82) is 0 Å². The largest absolute Gasteiger partial charge is 0.420 e. The molecule has 4 aromatic carbocycles. The third-order valence-electron chi connectivity index (χ3n) is 10.2. The molecule has 0 radical (unpaired) electrons. The van der Waals surface area contributed by atoms with E-state index >= 15 is 0 Å². The topological polar surface area (TPSA) is 143 Å². The molecule has 2 amide bonds. The zero-order chi connectivity index (χ0) is 39.5. The van der Waals surface area contributed by atoms with Crippen molar-refractivity contribution in [3.05, 3.63) is 124 Å². The number of aryl methyl sites for hydroxylation is 1. The SMILES string of the molecule is Cc1ccc(Cl)c(C(=O)N2CC[C@@H](CNc3nc4cccc(F)c4o3)C2)c1.O=C(c1cnoc1-c1ccccc1)N1CC[C@@H](CNc2nc3cccc(F)c3o2)C1. The van der Waals surface area contributed by atoms with Crippen LogP contribution in [0.1, 0.15) is 39.1 Å². The molecule has 57 heavy (non-hydrogen) atoms. The lowest BCUT2D eigenvalue weighted by Gasteiger charge is -2.17. The summed E-state index contributed by atoms with van der Waals surface area (Å²) in [6, 6.07) is 24.8. The van der Waals surface area contributed by atoms with E-state index < -0.39 is 11.6 Å². The summed E-state index contributed by atoms with van der Waals surface area (Å²) < 4.78 is 43.7. The van der Waals surface area contributed by atoms with Gasteiger partial charge in [-0.25, -0.2) is 8.78 Å². The van der Waals surface area contributed by atoms with Crippen LogP contribution in [0.4, 0.5) is 20.8 Å². The minimum Gasteiger partial charge on any atom is -0.420 e. The van der Waals surface area contributed by atoms with Gasteiger partial charge in [-0.15, -0.1) is 0 Å². The lowest BCUT2D eigenvalue weighted by atomic mass is 10.1. The molecule has 0 spiro atoms. The van der Waals surface area contributed by atoms with Crippen LogP contribution in [0, 0.1) is 30.4 Å². The van der Waals surface area contributed by atoms with Gasteiger partial charge >= 0.3 is 0 Å². The van der Waals surface area contributed by atoms with Gasteiger partial charge in [0, 0.05) is 44.8 Å². The molecule has 2 aliphatic heterocycles. The zero-order valence-electron chi connectivity index (χ0n) is 30.9. The van der Waals surface area contributed by atoms with Gasteiger partial charge in [0.1, 0.15) is 16.6 Å². The summed E-state index contributed by atoms with van der Waals surface area (Å²) in [5, 5.41) is 10.5. The van der Waals surface area contributed by atoms with Gasteiger partial charge in [-0.1, -0.05) is 70.9 Å². The lowest BCUT2D eigenvalue weighted by molar-refractivity contribution is 0.0780. The van der Waals surface area contributed by atoms with Crippen molar-refractivity contribution in [1.82, 2.24) is 24.9 Å². The average molecular weight is 794 g/mol. The van der Waals surface area contributed by atoms with Crippen LogP contribution in [-0.4, -0.2) is 76.0 Å². The molecule has 292 valence electrons. The van der Waals surface area contributed by atoms with Crippen LogP contribution in [0.15, 0.2) is 104 Å². The van der Waals surface area contributed by atoms with Gasteiger partial charge in [0.15, 0.2) is 28.6 Å². The van der Waals surface area contributed by atoms with Gasteiger partial charge in [0.25, 0.3) is 23.8 Å². The summed E-state index contributed by atoms with van der Waals surface area (Å²) in [5.74, 6) is -0.0343. The maximum Gasteiger partial charge on any atom is 0.295 e. The number of aromatic nitrogens is 3. The maximum atomic E-state index is 13.8. The monoisotopic (exact) mass is 793 g/mol. The van der Waals surface area contributed by atoms with Gasteiger partial charge in [-0.2, -0.15) is 9.97 Å². The highest BCUT2D eigenvalue weighted by Crippen LogP contribution is 2.29. The third kappa shape index (κ3) is 8.31. The van der Waals surface area contributed by atoms with E-state index in [0.29, 0.717) is 78.2 Å². The van der Waals surface area contributed by atoms with Crippen molar-refractivity contribution in [3.63, 3.8) is 0 Å². The molecule has 0 unspecified atom stereocenters. The molecule has 0 bridgehead atoms. The Labute approximate surface area is 330 Å². The quantitative estimate of drug-likeness (QED) is 0.146. The number of hydrogen-bond acceptors (Lipinski definition) is 10. The summed E-state index contributed by atoms with van der Waals surface area (Å²) >= 11 is 6.19. The minimum absolute atomic E-state index is 0.0462. The second-order valence-corrected chi connectivity index (χ2v) is 14.6. The van der Waals surface area contributed by atoms with E-state index in [0.717, 1.165) is 24.0 Å². The predicted octanol–water partition coefficient (Wildman–Crippen LogP) is 8.70. The maximum absolute atomic E-state index is 13.8. The van der Waals surface area contributed by atoms with Crippen LogP contribution in [0.5, 0.6) is 0 Å². The Kier molecular flexibility index (Phi) is 10.9.